The number of urea groups is 1. The summed E-state index contributed by atoms with van der Waals surface area (Å²) in [5, 5.41) is 4.39. The molecule has 1 aromatic heterocycles. The summed E-state index contributed by atoms with van der Waals surface area (Å²) in [7, 11) is 0. The van der Waals surface area contributed by atoms with Crippen molar-refractivity contribution in [2.24, 2.45) is 11.7 Å². The van der Waals surface area contributed by atoms with Crippen LogP contribution in [0.1, 0.15) is 39.9 Å². The summed E-state index contributed by atoms with van der Waals surface area (Å²) in [6, 6.07) is 4.74. The van der Waals surface area contributed by atoms with Gasteiger partial charge in [-0.3, -0.25) is 4.79 Å². The number of halogens is 3. The molecule has 0 bridgehead atoms. The number of nitrogens with one attached hydrogen (secondary N) is 2. The third-order valence-corrected chi connectivity index (χ3v) is 5.21. The molecule has 1 unspecified atom stereocenters. The molecule has 160 valence electrons. The number of carbonyl (C=O) groups is 2. The number of aromatic nitrogens is 1. The number of primary amides is 1. The fraction of sp³-hybridized carbons (Fsp3) is 0.286. The van der Waals surface area contributed by atoms with Crippen LogP contribution >= 0.6 is 0 Å². The average molecular weight is 429 g/mol. The molecule has 0 saturated heterocycles. The highest BCUT2D eigenvalue weighted by Crippen LogP contribution is 2.44. The van der Waals surface area contributed by atoms with Crippen LogP contribution in [0.25, 0.3) is 0 Å². The summed E-state index contributed by atoms with van der Waals surface area (Å²) < 4.78 is 42.4. The van der Waals surface area contributed by atoms with Gasteiger partial charge in [-0.25, -0.2) is 9.78 Å². The normalized spacial score (nSPS) is 20.0. The van der Waals surface area contributed by atoms with Gasteiger partial charge in [0, 0.05) is 23.4 Å². The molecule has 10 heteroatoms. The molecule has 0 spiro atoms. The maximum atomic E-state index is 14.1. The first-order chi connectivity index (χ1) is 14.6. The Balaban J connectivity index is 1.78. The van der Waals surface area contributed by atoms with Gasteiger partial charge in [0.15, 0.2) is 0 Å². The van der Waals surface area contributed by atoms with Crippen molar-refractivity contribution in [1.29, 1.82) is 0 Å². The van der Waals surface area contributed by atoms with Crippen LogP contribution in [0.3, 0.4) is 0 Å². The highest BCUT2D eigenvalue weighted by Gasteiger charge is 2.59. The Labute approximate surface area is 175 Å². The Morgan fingerprint density at radius 1 is 1.29 bits per heavy atom. The zero-order chi connectivity index (χ0) is 22.4. The van der Waals surface area contributed by atoms with Crippen molar-refractivity contribution < 1.29 is 22.8 Å². The number of nitrogens with zero attached hydrogens (tertiary/aromatic N) is 1. The van der Waals surface area contributed by atoms with Crippen LogP contribution in [0.15, 0.2) is 30.5 Å². The second kappa shape index (κ2) is 7.19. The van der Waals surface area contributed by atoms with E-state index in [9.17, 15) is 22.8 Å². The zero-order valence-electron chi connectivity index (χ0n) is 16.1. The number of rotatable bonds is 3. The van der Waals surface area contributed by atoms with Crippen molar-refractivity contribution in [3.8, 4) is 11.8 Å². The fourth-order valence-corrected chi connectivity index (χ4v) is 3.53. The van der Waals surface area contributed by atoms with E-state index >= 15 is 0 Å². The molecule has 2 aliphatic rings. The Kier molecular flexibility index (Phi) is 4.76. The number of alkyl halides is 3. The summed E-state index contributed by atoms with van der Waals surface area (Å²) in [5.74, 6) is 4.04. The van der Waals surface area contributed by atoms with Crippen LogP contribution in [0, 0.1) is 17.8 Å². The smallest absolute Gasteiger partial charge is 0.383 e. The Bertz CT molecular complexity index is 1150. The fourth-order valence-electron chi connectivity index (χ4n) is 3.53. The van der Waals surface area contributed by atoms with Crippen molar-refractivity contribution in [3.05, 3.63) is 52.7 Å². The molecule has 1 saturated carbocycles. The number of hydrogen-bond donors (Lipinski definition) is 4. The van der Waals surface area contributed by atoms with Crippen molar-refractivity contribution in [3.63, 3.8) is 0 Å². The Hall–Kier alpha value is -3.74. The van der Waals surface area contributed by atoms with Crippen LogP contribution in [0.2, 0.25) is 0 Å². The molecule has 0 radical (unpaired) electrons. The molecule has 1 fully saturated rings. The van der Waals surface area contributed by atoms with Gasteiger partial charge in [-0.1, -0.05) is 24.0 Å². The summed E-state index contributed by atoms with van der Waals surface area (Å²) in [4.78, 5) is 27.7. The van der Waals surface area contributed by atoms with Gasteiger partial charge < -0.3 is 22.1 Å². The second-order valence-corrected chi connectivity index (χ2v) is 7.52. The predicted molar refractivity (Wildman–Crippen MR) is 107 cm³/mol. The predicted octanol–water partition coefficient (Wildman–Crippen LogP) is 2.66. The van der Waals surface area contributed by atoms with E-state index in [1.54, 1.807) is 6.07 Å². The Morgan fingerprint density at radius 3 is 2.68 bits per heavy atom. The maximum Gasteiger partial charge on any atom is 0.427 e. The van der Waals surface area contributed by atoms with E-state index in [-0.39, 0.29) is 35.0 Å². The summed E-state index contributed by atoms with van der Waals surface area (Å²) in [5.41, 5.74) is 9.17. The summed E-state index contributed by atoms with van der Waals surface area (Å²) >= 11 is 0. The van der Waals surface area contributed by atoms with Crippen LogP contribution < -0.4 is 22.1 Å². The molecule has 31 heavy (non-hydrogen) atoms. The lowest BCUT2D eigenvalue weighted by Crippen LogP contribution is -2.59. The van der Waals surface area contributed by atoms with Crippen molar-refractivity contribution in [1.82, 2.24) is 10.3 Å². The minimum Gasteiger partial charge on any atom is -0.383 e. The van der Waals surface area contributed by atoms with Gasteiger partial charge in [-0.2, -0.15) is 13.2 Å². The molecule has 2 aromatic rings. The number of carbonyl (C=O) groups excluding carboxylic acids is 2. The molecule has 1 aliphatic carbocycles. The lowest BCUT2D eigenvalue weighted by Gasteiger charge is -2.37. The van der Waals surface area contributed by atoms with Gasteiger partial charge in [0.25, 0.3) is 5.91 Å². The molecule has 2 heterocycles. The minimum atomic E-state index is -4.83. The molecular formula is C21H18F3N5O2. The minimum absolute atomic E-state index is 0.00803. The van der Waals surface area contributed by atoms with E-state index in [2.05, 4.69) is 22.1 Å². The van der Waals surface area contributed by atoms with Crippen LogP contribution in [0.5, 0.6) is 0 Å². The van der Waals surface area contributed by atoms with Crippen LogP contribution in [-0.4, -0.2) is 23.1 Å². The first-order valence-electron chi connectivity index (χ1n) is 9.46. The van der Waals surface area contributed by atoms with Gasteiger partial charge in [0.1, 0.15) is 5.82 Å². The molecule has 7 nitrogen and oxygen atoms in total. The van der Waals surface area contributed by atoms with Gasteiger partial charge >= 0.3 is 12.2 Å². The average Bonchev–Trinajstić information content (AvgIpc) is 3.49. The van der Waals surface area contributed by atoms with Gasteiger partial charge in [0.2, 0.25) is 5.54 Å². The molecule has 4 rings (SSSR count). The second-order valence-electron chi connectivity index (χ2n) is 7.52. The molecule has 3 amide bonds. The van der Waals surface area contributed by atoms with Gasteiger partial charge in [0.05, 0.1) is 5.56 Å². The number of fused-ring (bicyclic) bond motifs is 1. The summed E-state index contributed by atoms with van der Waals surface area (Å²) in [6.45, 7) is 0. The van der Waals surface area contributed by atoms with E-state index in [0.29, 0.717) is 11.1 Å². The van der Waals surface area contributed by atoms with E-state index in [1.165, 1.54) is 24.4 Å². The van der Waals surface area contributed by atoms with Crippen LogP contribution in [0.4, 0.5) is 29.5 Å². The van der Waals surface area contributed by atoms with Gasteiger partial charge in [-0.05, 0) is 42.5 Å². The monoisotopic (exact) mass is 429 g/mol. The van der Waals surface area contributed by atoms with E-state index in [1.807, 2.05) is 5.32 Å². The number of anilines is 2. The number of pyridine rings is 1. The Morgan fingerprint density at radius 2 is 2.03 bits per heavy atom. The van der Waals surface area contributed by atoms with E-state index in [0.717, 1.165) is 12.8 Å². The quantitative estimate of drug-likeness (QED) is 0.560. The highest BCUT2D eigenvalue weighted by atomic mass is 19.4. The zero-order valence-corrected chi connectivity index (χ0v) is 16.1. The number of nitrogen functional groups attached to an aromatic ring is 1. The van der Waals surface area contributed by atoms with Crippen molar-refractivity contribution in [2.75, 3.05) is 11.1 Å². The largest absolute Gasteiger partial charge is 0.427 e. The molecule has 1 atom stereocenters. The SMILES string of the molecule is NC(=O)c1c(Cc2ccc3c(c2)NC(=O)NC3(C#CC2CC2)C(F)(F)F)ccnc1N. The third kappa shape index (κ3) is 3.74. The topological polar surface area (TPSA) is 123 Å². The molecule has 1 aliphatic heterocycles. The van der Waals surface area contributed by atoms with Crippen molar-refractivity contribution >= 4 is 23.4 Å². The maximum absolute atomic E-state index is 14.1. The van der Waals surface area contributed by atoms with Crippen LogP contribution in [-0.2, 0) is 12.0 Å². The number of amides is 3. The number of benzene rings is 1. The van der Waals surface area contributed by atoms with E-state index in [4.69, 9.17) is 11.5 Å². The molecular weight excluding hydrogens is 411 g/mol. The van der Waals surface area contributed by atoms with Crippen molar-refractivity contribution in [2.45, 2.75) is 31.0 Å². The lowest BCUT2D eigenvalue weighted by atomic mass is 9.85. The summed E-state index contributed by atoms with van der Waals surface area (Å²) in [6.07, 6.45) is -1.79. The van der Waals surface area contributed by atoms with E-state index < -0.39 is 23.7 Å². The first kappa shape index (κ1) is 20.5. The number of hydrogen-bond acceptors (Lipinski definition) is 4. The number of nitrogens with two attached hydrogens (primary N) is 2. The molecule has 1 aromatic carbocycles. The standard InChI is InChI=1S/C21H18F3N5O2/c22-21(23,24)20(7-5-11-1-2-11)14-4-3-12(10-15(14)28-19(31)29-20)9-13-6-8-27-17(25)16(13)18(26)30/h3-4,6,8,10-11H,1-2,9H2,(H2,25,27)(H2,26,30)(H2,28,29,31). The lowest BCUT2D eigenvalue weighted by molar-refractivity contribution is -0.178. The van der Waals surface area contributed by atoms with Gasteiger partial charge in [-0.15, -0.1) is 0 Å². The highest BCUT2D eigenvalue weighted by molar-refractivity contribution is 5.99. The molecule has 6 N–H and O–H groups in total. The first-order valence-corrected chi connectivity index (χ1v) is 9.46. The third-order valence-electron chi connectivity index (χ3n) is 5.21.